The Bertz CT molecular complexity index is 415. The number of hydroxylamine groups is 1. The number of nitrogens with one attached hydrogen (secondary N) is 1. The van der Waals surface area contributed by atoms with Crippen LogP contribution in [0.5, 0.6) is 0 Å². The van der Waals surface area contributed by atoms with E-state index in [1.165, 1.54) is 29.0 Å². The maximum Gasteiger partial charge on any atom is 0.284 e. The van der Waals surface area contributed by atoms with E-state index in [1.807, 2.05) is 17.8 Å². The number of rotatable bonds is 3. The molecule has 0 unspecified atom stereocenters. The third kappa shape index (κ3) is 2.73. The first-order valence-corrected chi connectivity index (χ1v) is 8.45. The lowest BCUT2D eigenvalue weighted by atomic mass is 10.2. The van der Waals surface area contributed by atoms with E-state index in [0.29, 0.717) is 0 Å². The van der Waals surface area contributed by atoms with E-state index in [1.54, 1.807) is 11.3 Å². The van der Waals surface area contributed by atoms with Gasteiger partial charge in [0.2, 0.25) is 0 Å². The molecule has 1 aromatic heterocycles. The molecule has 1 aliphatic heterocycles. The van der Waals surface area contributed by atoms with Crippen LogP contribution in [0.4, 0.5) is 0 Å². The number of thiophene rings is 1. The Morgan fingerprint density at radius 1 is 1.39 bits per heavy atom. The minimum Gasteiger partial charge on any atom is -0.270 e. The Morgan fingerprint density at radius 3 is 3.00 bits per heavy atom. The van der Waals surface area contributed by atoms with Crippen LogP contribution in [0.2, 0.25) is 0 Å². The summed E-state index contributed by atoms with van der Waals surface area (Å²) in [5.74, 6) is 2.14. The molecular weight excluding hydrogens is 266 g/mol. The summed E-state index contributed by atoms with van der Waals surface area (Å²) in [6.45, 7) is 0. The maximum atomic E-state index is 12.0. The molecule has 1 saturated carbocycles. The second-order valence-corrected chi connectivity index (χ2v) is 7.06. The second kappa shape index (κ2) is 5.63. The lowest BCUT2D eigenvalue weighted by Crippen LogP contribution is -2.27. The molecule has 1 N–H and O–H groups in total. The van der Waals surface area contributed by atoms with Gasteiger partial charge in [-0.25, -0.2) is 5.48 Å². The van der Waals surface area contributed by atoms with E-state index < -0.39 is 0 Å². The van der Waals surface area contributed by atoms with Crippen molar-refractivity contribution in [1.82, 2.24) is 5.48 Å². The molecule has 1 amide bonds. The molecule has 1 fully saturated rings. The normalized spacial score (nSPS) is 19.8. The van der Waals surface area contributed by atoms with Gasteiger partial charge in [-0.1, -0.05) is 12.8 Å². The zero-order valence-corrected chi connectivity index (χ0v) is 11.9. The van der Waals surface area contributed by atoms with E-state index in [2.05, 4.69) is 5.48 Å². The molecule has 98 valence electrons. The summed E-state index contributed by atoms with van der Waals surface area (Å²) in [4.78, 5) is 19.6. The summed E-state index contributed by atoms with van der Waals surface area (Å²) in [5.41, 5.74) is 3.95. The Hall–Kier alpha value is -0.520. The fourth-order valence-corrected chi connectivity index (χ4v) is 4.71. The van der Waals surface area contributed by atoms with Crippen LogP contribution in [0.25, 0.3) is 0 Å². The fraction of sp³-hybridized carbons (Fsp3) is 0.615. The van der Waals surface area contributed by atoms with Gasteiger partial charge in [0.25, 0.3) is 5.91 Å². The summed E-state index contributed by atoms with van der Waals surface area (Å²) >= 11 is 3.56. The van der Waals surface area contributed by atoms with Crippen LogP contribution in [-0.4, -0.2) is 17.8 Å². The average molecular weight is 283 g/mol. The highest BCUT2D eigenvalue weighted by molar-refractivity contribution is 7.98. The SMILES string of the molecule is O=C(NOC1CCCC1)c1cc2c(s1)CCSC2. The van der Waals surface area contributed by atoms with Crippen molar-refractivity contribution in [1.29, 1.82) is 0 Å². The molecule has 18 heavy (non-hydrogen) atoms. The highest BCUT2D eigenvalue weighted by Crippen LogP contribution is 2.31. The number of fused-ring (bicyclic) bond motifs is 1. The van der Waals surface area contributed by atoms with Crippen LogP contribution in [0.3, 0.4) is 0 Å². The van der Waals surface area contributed by atoms with Crippen molar-refractivity contribution < 1.29 is 9.63 Å². The van der Waals surface area contributed by atoms with Crippen molar-refractivity contribution in [2.45, 2.75) is 44.0 Å². The number of hydrogen-bond donors (Lipinski definition) is 1. The Kier molecular flexibility index (Phi) is 3.91. The van der Waals surface area contributed by atoms with Crippen LogP contribution < -0.4 is 5.48 Å². The number of carbonyl (C=O) groups is 1. The maximum absolute atomic E-state index is 12.0. The second-order valence-electron chi connectivity index (χ2n) is 4.82. The van der Waals surface area contributed by atoms with Crippen LogP contribution in [0, 0.1) is 0 Å². The van der Waals surface area contributed by atoms with Gasteiger partial charge >= 0.3 is 0 Å². The van der Waals surface area contributed by atoms with Gasteiger partial charge in [0.1, 0.15) is 0 Å². The number of aryl methyl sites for hydroxylation is 1. The number of hydrogen-bond acceptors (Lipinski definition) is 4. The molecule has 3 rings (SSSR count). The van der Waals surface area contributed by atoms with Crippen LogP contribution in [0.15, 0.2) is 6.07 Å². The molecule has 0 aromatic carbocycles. The van der Waals surface area contributed by atoms with E-state index in [0.717, 1.165) is 29.9 Å². The highest BCUT2D eigenvalue weighted by Gasteiger charge is 2.20. The van der Waals surface area contributed by atoms with Gasteiger partial charge in [-0.05, 0) is 36.6 Å². The van der Waals surface area contributed by atoms with Crippen molar-refractivity contribution in [3.63, 3.8) is 0 Å². The minimum absolute atomic E-state index is 0.0775. The monoisotopic (exact) mass is 283 g/mol. The lowest BCUT2D eigenvalue weighted by Gasteiger charge is -2.10. The lowest BCUT2D eigenvalue weighted by molar-refractivity contribution is -0.0122. The van der Waals surface area contributed by atoms with Gasteiger partial charge < -0.3 is 0 Å². The summed E-state index contributed by atoms with van der Waals surface area (Å²) in [6.07, 6.45) is 5.88. The predicted molar refractivity (Wildman–Crippen MR) is 75.0 cm³/mol. The third-order valence-corrected chi connectivity index (χ3v) is 5.72. The fourth-order valence-electron chi connectivity index (χ4n) is 2.45. The van der Waals surface area contributed by atoms with Crippen molar-refractivity contribution in [3.05, 3.63) is 21.4 Å². The molecule has 3 nitrogen and oxygen atoms in total. The van der Waals surface area contributed by atoms with Crippen molar-refractivity contribution in [2.24, 2.45) is 0 Å². The van der Waals surface area contributed by atoms with E-state index in [9.17, 15) is 4.79 Å². The summed E-state index contributed by atoms with van der Waals surface area (Å²) < 4.78 is 0. The van der Waals surface area contributed by atoms with Crippen LogP contribution in [-0.2, 0) is 17.0 Å². The summed E-state index contributed by atoms with van der Waals surface area (Å²) in [6, 6.07) is 2.03. The minimum atomic E-state index is -0.0775. The van der Waals surface area contributed by atoms with E-state index >= 15 is 0 Å². The number of thioether (sulfide) groups is 1. The van der Waals surface area contributed by atoms with Crippen molar-refractivity contribution in [2.75, 3.05) is 5.75 Å². The Labute approximate surface area is 115 Å². The van der Waals surface area contributed by atoms with Crippen molar-refractivity contribution in [3.8, 4) is 0 Å². The van der Waals surface area contributed by atoms with Gasteiger partial charge in [-0.15, -0.1) is 11.3 Å². The van der Waals surface area contributed by atoms with Crippen LogP contribution in [0.1, 0.15) is 45.8 Å². The topological polar surface area (TPSA) is 38.3 Å². The van der Waals surface area contributed by atoms with E-state index in [4.69, 9.17) is 4.84 Å². The highest BCUT2D eigenvalue weighted by atomic mass is 32.2. The Morgan fingerprint density at radius 2 is 2.22 bits per heavy atom. The summed E-state index contributed by atoms with van der Waals surface area (Å²) in [5, 5.41) is 0. The van der Waals surface area contributed by atoms with Gasteiger partial charge in [-0.2, -0.15) is 11.8 Å². The first kappa shape index (κ1) is 12.5. The molecule has 0 atom stereocenters. The summed E-state index contributed by atoms with van der Waals surface area (Å²) in [7, 11) is 0. The smallest absolute Gasteiger partial charge is 0.270 e. The molecule has 0 spiro atoms. The quantitative estimate of drug-likeness (QED) is 0.866. The molecule has 2 heterocycles. The molecule has 0 radical (unpaired) electrons. The first-order valence-electron chi connectivity index (χ1n) is 6.48. The standard InChI is InChI=1S/C13H17NO2S2/c15-13(14-16-10-3-1-2-4-10)12-7-9-8-17-6-5-11(9)18-12/h7,10H,1-6,8H2,(H,14,15). The average Bonchev–Trinajstić information content (AvgIpc) is 3.04. The zero-order valence-electron chi connectivity index (χ0n) is 10.2. The van der Waals surface area contributed by atoms with Crippen molar-refractivity contribution >= 4 is 29.0 Å². The third-order valence-electron chi connectivity index (χ3n) is 3.47. The van der Waals surface area contributed by atoms with Gasteiger partial charge in [0.05, 0.1) is 11.0 Å². The van der Waals surface area contributed by atoms with Gasteiger partial charge in [0, 0.05) is 10.6 Å². The zero-order chi connectivity index (χ0) is 12.4. The van der Waals surface area contributed by atoms with Gasteiger partial charge in [0.15, 0.2) is 0 Å². The molecule has 1 aliphatic carbocycles. The molecule has 1 aromatic rings. The molecule has 0 saturated heterocycles. The first-order chi connectivity index (χ1) is 8.83. The molecular formula is C13H17NO2S2. The number of carbonyl (C=O) groups excluding carboxylic acids is 1. The molecule has 2 aliphatic rings. The molecule has 0 bridgehead atoms. The Balaban J connectivity index is 1.59. The van der Waals surface area contributed by atoms with E-state index in [-0.39, 0.29) is 12.0 Å². The van der Waals surface area contributed by atoms with Gasteiger partial charge in [-0.3, -0.25) is 9.63 Å². The van der Waals surface area contributed by atoms with Crippen LogP contribution >= 0.6 is 23.1 Å². The number of amides is 1. The largest absolute Gasteiger partial charge is 0.284 e. The predicted octanol–water partition coefficient (Wildman–Crippen LogP) is 3.14. The molecule has 5 heteroatoms.